The summed E-state index contributed by atoms with van der Waals surface area (Å²) in [6.45, 7) is 4.80. The van der Waals surface area contributed by atoms with Gasteiger partial charge in [0, 0.05) is 19.7 Å². The van der Waals surface area contributed by atoms with Crippen LogP contribution in [0.4, 0.5) is 0 Å². The summed E-state index contributed by atoms with van der Waals surface area (Å²) in [4.78, 5) is 11.8. The van der Waals surface area contributed by atoms with E-state index < -0.39 is 6.10 Å². The van der Waals surface area contributed by atoms with Crippen molar-refractivity contribution in [3.05, 3.63) is 23.8 Å². The van der Waals surface area contributed by atoms with Gasteiger partial charge in [0.2, 0.25) is 0 Å². The van der Waals surface area contributed by atoms with Crippen LogP contribution in [0.2, 0.25) is 0 Å². The van der Waals surface area contributed by atoms with E-state index in [4.69, 9.17) is 19.5 Å². The summed E-state index contributed by atoms with van der Waals surface area (Å²) >= 11 is 0. The van der Waals surface area contributed by atoms with Crippen LogP contribution in [0.1, 0.15) is 19.4 Å². The zero-order valence-corrected chi connectivity index (χ0v) is 12.5. The van der Waals surface area contributed by atoms with E-state index in [2.05, 4.69) is 5.32 Å². The summed E-state index contributed by atoms with van der Waals surface area (Å²) in [6.07, 6.45) is -0.672. The Bertz CT molecular complexity index is 511. The Hall–Kier alpha value is -2.26. The Labute approximate surface area is 124 Å². The smallest absolute Gasteiger partial charge is 0.260 e. The Morgan fingerprint density at radius 3 is 2.81 bits per heavy atom. The van der Waals surface area contributed by atoms with Crippen LogP contribution in [0.3, 0.4) is 0 Å². The van der Waals surface area contributed by atoms with E-state index in [0.29, 0.717) is 36.8 Å². The van der Waals surface area contributed by atoms with E-state index in [-0.39, 0.29) is 5.91 Å². The van der Waals surface area contributed by atoms with E-state index in [1.54, 1.807) is 32.2 Å². The summed E-state index contributed by atoms with van der Waals surface area (Å²) in [5, 5.41) is 11.6. The van der Waals surface area contributed by atoms with Crippen LogP contribution in [0.25, 0.3) is 0 Å². The van der Waals surface area contributed by atoms with Gasteiger partial charge >= 0.3 is 0 Å². The number of ether oxygens (including phenoxy) is 3. The number of carbonyl (C=O) groups excluding carboxylic acids is 1. The largest absolute Gasteiger partial charge is 0.490 e. The molecule has 0 bridgehead atoms. The summed E-state index contributed by atoms with van der Waals surface area (Å²) in [5.41, 5.74) is 0.475. The first-order valence-electron chi connectivity index (χ1n) is 6.72. The number of amides is 1. The van der Waals surface area contributed by atoms with Crippen LogP contribution < -0.4 is 14.8 Å². The number of methoxy groups -OCH3 is 1. The number of nitrogens with one attached hydrogen (secondary N) is 1. The third-order valence-electron chi connectivity index (χ3n) is 2.65. The predicted molar refractivity (Wildman–Crippen MR) is 77.3 cm³/mol. The molecule has 21 heavy (non-hydrogen) atoms. The first kappa shape index (κ1) is 16.8. The quantitative estimate of drug-likeness (QED) is 0.734. The molecule has 0 saturated heterocycles. The average molecular weight is 292 g/mol. The fourth-order valence-electron chi connectivity index (χ4n) is 1.61. The molecule has 0 radical (unpaired) electrons. The average Bonchev–Trinajstić information content (AvgIpc) is 2.49. The predicted octanol–water partition coefficient (Wildman–Crippen LogP) is 1.49. The van der Waals surface area contributed by atoms with Crippen LogP contribution >= 0.6 is 0 Å². The highest BCUT2D eigenvalue weighted by Gasteiger charge is 2.16. The topological polar surface area (TPSA) is 80.6 Å². The molecule has 0 aliphatic heterocycles. The molecule has 1 aromatic carbocycles. The van der Waals surface area contributed by atoms with Crippen molar-refractivity contribution in [3.8, 4) is 17.6 Å². The molecular formula is C15H20N2O4. The monoisotopic (exact) mass is 292 g/mol. The molecule has 0 aliphatic carbocycles. The lowest BCUT2D eigenvalue weighted by Crippen LogP contribution is -2.38. The van der Waals surface area contributed by atoms with Crippen molar-refractivity contribution in [1.29, 1.82) is 5.26 Å². The first-order chi connectivity index (χ1) is 10.1. The van der Waals surface area contributed by atoms with Gasteiger partial charge in [-0.1, -0.05) is 0 Å². The number of nitriles is 1. The fourth-order valence-corrected chi connectivity index (χ4v) is 1.61. The van der Waals surface area contributed by atoms with Gasteiger partial charge < -0.3 is 19.5 Å². The minimum atomic E-state index is -0.672. The van der Waals surface area contributed by atoms with Gasteiger partial charge in [0.1, 0.15) is 0 Å². The van der Waals surface area contributed by atoms with Crippen molar-refractivity contribution >= 4 is 5.91 Å². The number of hydrogen-bond acceptors (Lipinski definition) is 5. The minimum Gasteiger partial charge on any atom is -0.490 e. The molecule has 1 unspecified atom stereocenters. The second kappa shape index (κ2) is 8.82. The van der Waals surface area contributed by atoms with Crippen LogP contribution in [-0.4, -0.2) is 38.9 Å². The molecule has 1 atom stereocenters. The molecule has 0 saturated carbocycles. The number of hydrogen-bond donors (Lipinski definition) is 1. The molecule has 114 valence electrons. The standard InChI is InChI=1S/C15H20N2O4/c1-4-20-14-9-12(10-16)5-6-13(14)21-11(2)15(18)17-7-8-19-3/h5-6,9,11H,4,7-8H2,1-3H3,(H,17,18). The van der Waals surface area contributed by atoms with Crippen LogP contribution in [0.15, 0.2) is 18.2 Å². The van der Waals surface area contributed by atoms with Crippen LogP contribution in [0.5, 0.6) is 11.5 Å². The maximum atomic E-state index is 11.8. The summed E-state index contributed by atoms with van der Waals surface area (Å²) < 4.78 is 15.9. The molecule has 6 nitrogen and oxygen atoms in total. The molecule has 0 spiro atoms. The Morgan fingerprint density at radius 1 is 1.43 bits per heavy atom. The van der Waals surface area contributed by atoms with E-state index in [0.717, 1.165) is 0 Å². The van der Waals surface area contributed by atoms with Crippen molar-refractivity contribution in [2.24, 2.45) is 0 Å². The van der Waals surface area contributed by atoms with Gasteiger partial charge in [0.05, 0.1) is 24.8 Å². The Kier molecular flexibility index (Phi) is 7.05. The summed E-state index contributed by atoms with van der Waals surface area (Å²) in [7, 11) is 1.57. The fraction of sp³-hybridized carbons (Fsp3) is 0.467. The van der Waals surface area contributed by atoms with Crippen LogP contribution in [-0.2, 0) is 9.53 Å². The summed E-state index contributed by atoms with van der Waals surface area (Å²) in [6, 6.07) is 6.87. The van der Waals surface area contributed by atoms with Crippen molar-refractivity contribution in [2.75, 3.05) is 26.9 Å². The van der Waals surface area contributed by atoms with E-state index in [9.17, 15) is 4.79 Å². The lowest BCUT2D eigenvalue weighted by Gasteiger charge is -2.17. The number of carbonyl (C=O) groups is 1. The molecule has 6 heteroatoms. The van der Waals surface area contributed by atoms with Gasteiger partial charge in [0.25, 0.3) is 5.91 Å². The highest BCUT2D eigenvalue weighted by Crippen LogP contribution is 2.29. The third-order valence-corrected chi connectivity index (χ3v) is 2.65. The molecule has 0 aliphatic rings. The third kappa shape index (κ3) is 5.32. The zero-order valence-electron chi connectivity index (χ0n) is 12.5. The molecule has 0 aromatic heterocycles. The molecule has 1 amide bonds. The maximum Gasteiger partial charge on any atom is 0.260 e. The molecule has 1 N–H and O–H groups in total. The molecule has 0 fully saturated rings. The van der Waals surface area contributed by atoms with Gasteiger partial charge in [0.15, 0.2) is 17.6 Å². The van der Waals surface area contributed by atoms with Crippen molar-refractivity contribution in [1.82, 2.24) is 5.32 Å². The van der Waals surface area contributed by atoms with Crippen molar-refractivity contribution in [2.45, 2.75) is 20.0 Å². The Morgan fingerprint density at radius 2 is 2.19 bits per heavy atom. The highest BCUT2D eigenvalue weighted by atomic mass is 16.5. The normalized spacial score (nSPS) is 11.3. The SMILES string of the molecule is CCOc1cc(C#N)ccc1OC(C)C(=O)NCCOC. The summed E-state index contributed by atoms with van der Waals surface area (Å²) in [5.74, 6) is 0.650. The molecule has 0 heterocycles. The first-order valence-corrected chi connectivity index (χ1v) is 6.72. The van der Waals surface area contributed by atoms with Gasteiger partial charge in [-0.15, -0.1) is 0 Å². The molecular weight excluding hydrogens is 272 g/mol. The lowest BCUT2D eigenvalue weighted by atomic mass is 10.2. The zero-order chi connectivity index (χ0) is 15.7. The minimum absolute atomic E-state index is 0.237. The Balaban J connectivity index is 2.72. The van der Waals surface area contributed by atoms with Crippen molar-refractivity contribution < 1.29 is 19.0 Å². The number of benzene rings is 1. The van der Waals surface area contributed by atoms with Gasteiger partial charge in [-0.3, -0.25) is 4.79 Å². The highest BCUT2D eigenvalue weighted by molar-refractivity contribution is 5.80. The van der Waals surface area contributed by atoms with Gasteiger partial charge in [-0.2, -0.15) is 5.26 Å². The maximum absolute atomic E-state index is 11.8. The molecule has 1 rings (SSSR count). The van der Waals surface area contributed by atoms with Crippen molar-refractivity contribution in [3.63, 3.8) is 0 Å². The van der Waals surface area contributed by atoms with E-state index in [1.165, 1.54) is 0 Å². The second-order valence-electron chi connectivity index (χ2n) is 4.25. The van der Waals surface area contributed by atoms with Gasteiger partial charge in [-0.25, -0.2) is 0 Å². The molecule has 1 aromatic rings. The van der Waals surface area contributed by atoms with E-state index in [1.807, 2.05) is 13.0 Å². The number of nitrogens with zero attached hydrogens (tertiary/aromatic N) is 1. The lowest BCUT2D eigenvalue weighted by molar-refractivity contribution is -0.127. The van der Waals surface area contributed by atoms with E-state index >= 15 is 0 Å². The van der Waals surface area contributed by atoms with Gasteiger partial charge in [-0.05, 0) is 26.0 Å². The number of rotatable bonds is 8. The van der Waals surface area contributed by atoms with Crippen LogP contribution in [0, 0.1) is 11.3 Å². The second-order valence-corrected chi connectivity index (χ2v) is 4.25.